The van der Waals surface area contributed by atoms with Gasteiger partial charge in [-0.1, -0.05) is 159 Å². The molecule has 2 heteroatoms. The van der Waals surface area contributed by atoms with Gasteiger partial charge in [-0.05, 0) is 125 Å². The van der Waals surface area contributed by atoms with Crippen LogP contribution in [0.1, 0.15) is 191 Å². The van der Waals surface area contributed by atoms with E-state index in [2.05, 4.69) is 86.5 Å². The molecule has 2 heterocycles. The molecule has 0 spiro atoms. The molecule has 0 aromatic carbocycles. The first-order chi connectivity index (χ1) is 21.9. The first-order valence-corrected chi connectivity index (χ1v) is 21.3. The Morgan fingerprint density at radius 2 is 0.761 bits per heavy atom. The molecule has 0 aromatic heterocycles. The highest BCUT2D eigenvalue weighted by molar-refractivity contribution is 4.73. The maximum Gasteiger partial charge on any atom is -0.00190 e. The van der Waals surface area contributed by atoms with Gasteiger partial charge in [0, 0.05) is 0 Å². The quantitative estimate of drug-likeness (QED) is 0.309. The lowest BCUT2D eigenvalue weighted by molar-refractivity contribution is 0.185. The van der Waals surface area contributed by atoms with E-state index in [1.54, 1.807) is 0 Å². The van der Waals surface area contributed by atoms with Gasteiger partial charge in [0.1, 0.15) is 0 Å². The number of hydrogen-bond acceptors (Lipinski definition) is 2. The van der Waals surface area contributed by atoms with Crippen LogP contribution in [0, 0.1) is 59.2 Å². The third kappa shape index (κ3) is 21.8. The third-order valence-corrected chi connectivity index (χ3v) is 12.5. The number of likely N-dealkylation sites (tertiary alicyclic amines) is 1. The number of nitrogens with zero attached hydrogens (tertiary/aromatic N) is 1. The van der Waals surface area contributed by atoms with Crippen LogP contribution in [0.4, 0.5) is 0 Å². The van der Waals surface area contributed by atoms with E-state index in [9.17, 15) is 0 Å². The molecule has 0 amide bonds. The lowest BCUT2D eigenvalue weighted by atomic mass is 9.82. The lowest BCUT2D eigenvalue weighted by Crippen LogP contribution is -2.32. The van der Waals surface area contributed by atoms with Gasteiger partial charge in [-0.2, -0.15) is 0 Å². The Bertz CT molecular complexity index is 613. The summed E-state index contributed by atoms with van der Waals surface area (Å²) < 4.78 is 0. The van der Waals surface area contributed by atoms with Crippen LogP contribution in [-0.2, 0) is 0 Å². The molecule has 0 unspecified atom stereocenters. The van der Waals surface area contributed by atoms with Crippen molar-refractivity contribution in [3.05, 3.63) is 0 Å². The minimum Gasteiger partial charge on any atom is -0.317 e. The Labute approximate surface area is 293 Å². The van der Waals surface area contributed by atoms with Crippen LogP contribution in [0.2, 0.25) is 0 Å². The third-order valence-electron chi connectivity index (χ3n) is 12.5. The second kappa shape index (κ2) is 26.7. The Balaban J connectivity index is 0.000000288. The molecule has 0 atom stereocenters. The fourth-order valence-electron chi connectivity index (χ4n) is 8.72. The van der Waals surface area contributed by atoms with E-state index >= 15 is 0 Å². The van der Waals surface area contributed by atoms with Crippen molar-refractivity contribution in [1.29, 1.82) is 0 Å². The molecule has 1 N–H and O–H groups in total. The number of piperidine rings is 2. The molecule has 46 heavy (non-hydrogen) atoms. The summed E-state index contributed by atoms with van der Waals surface area (Å²) >= 11 is 0. The Hall–Kier alpha value is -0.0800. The van der Waals surface area contributed by atoms with E-state index in [0.717, 1.165) is 59.2 Å². The van der Waals surface area contributed by atoms with Crippen molar-refractivity contribution in [2.75, 3.05) is 33.2 Å². The van der Waals surface area contributed by atoms with Crippen molar-refractivity contribution < 1.29 is 0 Å². The highest BCUT2D eigenvalue weighted by Crippen LogP contribution is 2.31. The summed E-state index contributed by atoms with van der Waals surface area (Å²) in [5.74, 6) is 9.77. The van der Waals surface area contributed by atoms with Gasteiger partial charge in [0.25, 0.3) is 0 Å². The van der Waals surface area contributed by atoms with Crippen LogP contribution in [0.3, 0.4) is 0 Å². The summed E-state index contributed by atoms with van der Waals surface area (Å²) in [6.45, 7) is 28.5. The normalized spacial score (nSPS) is 23.0. The van der Waals surface area contributed by atoms with E-state index in [1.807, 2.05) is 0 Å². The maximum absolute atomic E-state index is 3.37. The van der Waals surface area contributed by atoms with Crippen LogP contribution in [0.15, 0.2) is 0 Å². The van der Waals surface area contributed by atoms with E-state index in [-0.39, 0.29) is 0 Å². The summed E-state index contributed by atoms with van der Waals surface area (Å²) in [4.78, 5) is 2.43. The summed E-state index contributed by atoms with van der Waals surface area (Å²) in [5.41, 5.74) is 0. The van der Waals surface area contributed by atoms with Crippen LogP contribution in [-0.4, -0.2) is 38.1 Å². The molecule has 5 aliphatic rings. The average Bonchev–Trinajstić information content (AvgIpc) is 3.60. The molecule has 3 saturated carbocycles. The molecule has 5 rings (SSSR count). The Kier molecular flexibility index (Phi) is 25.5. The maximum atomic E-state index is 3.37. The molecule has 0 aromatic rings. The molecule has 5 fully saturated rings. The van der Waals surface area contributed by atoms with Gasteiger partial charge >= 0.3 is 0 Å². The van der Waals surface area contributed by atoms with Crippen LogP contribution in [0.25, 0.3) is 0 Å². The monoisotopic (exact) mass is 647 g/mol. The molecule has 0 bridgehead atoms. The zero-order chi connectivity index (χ0) is 34.3. The SMILES string of the molecule is CC(C)C1CCCC1.CC(C)C1CCCCC1.CC(C)C1CCN(C)CC1.CC(C)C1CCNCC1.CC(C)CC1CCCCC1. The van der Waals surface area contributed by atoms with Gasteiger partial charge in [0.2, 0.25) is 0 Å². The van der Waals surface area contributed by atoms with Gasteiger partial charge in [-0.15, -0.1) is 0 Å². The predicted octanol–water partition coefficient (Wildman–Crippen LogP) is 13.3. The second-order valence-electron chi connectivity index (χ2n) is 18.3. The van der Waals surface area contributed by atoms with Crippen molar-refractivity contribution in [2.24, 2.45) is 59.2 Å². The highest BCUT2D eigenvalue weighted by atomic mass is 15.1. The van der Waals surface area contributed by atoms with Gasteiger partial charge in [-0.25, -0.2) is 0 Å². The fraction of sp³-hybridized carbons (Fsp3) is 1.00. The van der Waals surface area contributed by atoms with Crippen molar-refractivity contribution in [2.45, 2.75) is 191 Å². The molecule has 3 aliphatic carbocycles. The zero-order valence-electron chi connectivity index (χ0n) is 34.0. The standard InChI is InChI=1S/C10H20.C9H19N.C9H18.C8H17N.C8H16/c1-9(2)8-10-6-4-3-5-7-10;1-8(2)9-4-6-10(3)7-5-9;1-8(2)9-6-4-3-5-7-9;1-7(2)8-3-5-9-6-4-8;1-7(2)8-5-3-4-6-8/h9-10H,3-8H2,1-2H3;8-9H,4-7H2,1-3H3;8-9H,3-7H2,1-2H3;7-9H,3-6H2,1-2H3;7-8H,3-6H2,1-2H3. The van der Waals surface area contributed by atoms with Crippen LogP contribution < -0.4 is 5.32 Å². The Morgan fingerprint density at radius 1 is 0.435 bits per heavy atom. The smallest absolute Gasteiger partial charge is 0.00190 e. The largest absolute Gasteiger partial charge is 0.317 e. The summed E-state index contributed by atoms with van der Waals surface area (Å²) in [7, 11) is 2.22. The minimum absolute atomic E-state index is 0.895. The summed E-state index contributed by atoms with van der Waals surface area (Å²) in [6, 6.07) is 0. The number of hydrogen-bond donors (Lipinski definition) is 1. The molecular formula is C44H90N2. The van der Waals surface area contributed by atoms with Gasteiger partial charge in [0.05, 0.1) is 0 Å². The van der Waals surface area contributed by atoms with E-state index in [4.69, 9.17) is 0 Å². The second-order valence-corrected chi connectivity index (χ2v) is 18.3. The van der Waals surface area contributed by atoms with E-state index in [0.29, 0.717) is 0 Å². The summed E-state index contributed by atoms with van der Waals surface area (Å²) in [5, 5.41) is 3.37. The predicted molar refractivity (Wildman–Crippen MR) is 210 cm³/mol. The van der Waals surface area contributed by atoms with Gasteiger partial charge in [-0.3, -0.25) is 0 Å². The van der Waals surface area contributed by atoms with E-state index in [1.165, 1.54) is 148 Å². The molecule has 2 nitrogen and oxygen atoms in total. The number of nitrogens with one attached hydrogen (secondary N) is 1. The first-order valence-electron chi connectivity index (χ1n) is 21.3. The topological polar surface area (TPSA) is 15.3 Å². The Morgan fingerprint density at radius 3 is 1.09 bits per heavy atom. The molecule has 2 aliphatic heterocycles. The average molecular weight is 647 g/mol. The molecular weight excluding hydrogens is 556 g/mol. The van der Waals surface area contributed by atoms with Crippen LogP contribution in [0.5, 0.6) is 0 Å². The molecule has 276 valence electrons. The van der Waals surface area contributed by atoms with Gasteiger partial charge in [0.15, 0.2) is 0 Å². The van der Waals surface area contributed by atoms with Crippen molar-refractivity contribution in [3.8, 4) is 0 Å². The van der Waals surface area contributed by atoms with Crippen molar-refractivity contribution in [3.63, 3.8) is 0 Å². The summed E-state index contributed by atoms with van der Waals surface area (Å²) in [6.07, 6.45) is 28.0. The van der Waals surface area contributed by atoms with Crippen molar-refractivity contribution in [1.82, 2.24) is 10.2 Å². The van der Waals surface area contributed by atoms with Crippen LogP contribution >= 0.6 is 0 Å². The molecule has 2 saturated heterocycles. The van der Waals surface area contributed by atoms with Gasteiger partial charge < -0.3 is 10.2 Å². The first kappa shape index (κ1) is 43.9. The lowest BCUT2D eigenvalue weighted by Gasteiger charge is -2.31. The highest BCUT2D eigenvalue weighted by Gasteiger charge is 2.20. The van der Waals surface area contributed by atoms with E-state index < -0.39 is 0 Å². The molecule has 0 radical (unpaired) electrons. The number of rotatable bonds is 6. The zero-order valence-corrected chi connectivity index (χ0v) is 34.0. The van der Waals surface area contributed by atoms with Crippen molar-refractivity contribution >= 4 is 0 Å². The minimum atomic E-state index is 0.895. The fourth-order valence-corrected chi connectivity index (χ4v) is 8.72.